The van der Waals surface area contributed by atoms with E-state index in [1.54, 1.807) is 0 Å². The molecule has 1 unspecified atom stereocenters. The Morgan fingerprint density at radius 2 is 2.17 bits per heavy atom. The molecule has 18 heavy (non-hydrogen) atoms. The second-order valence-corrected chi connectivity index (χ2v) is 3.27. The zero-order chi connectivity index (χ0) is 13.9. The second kappa shape index (κ2) is 5.23. The van der Waals surface area contributed by atoms with E-state index in [1.165, 1.54) is 0 Å². The Labute approximate surface area is 101 Å². The molecule has 1 rings (SSSR count). The summed E-state index contributed by atoms with van der Waals surface area (Å²) >= 11 is 0. The van der Waals surface area contributed by atoms with E-state index in [2.05, 4.69) is 0 Å². The number of ether oxygens (including phenoxy) is 1. The van der Waals surface area contributed by atoms with Gasteiger partial charge in [0.2, 0.25) is 0 Å². The number of aldehydes is 1. The maximum atomic E-state index is 10.8. The third kappa shape index (κ3) is 2.43. The highest BCUT2D eigenvalue weighted by Crippen LogP contribution is 2.35. The molecular formula is C10H9NO7. The first-order valence-electron chi connectivity index (χ1n) is 4.64. The zero-order valence-corrected chi connectivity index (χ0v) is 9.19. The zero-order valence-electron chi connectivity index (χ0n) is 9.19. The smallest absolute Gasteiger partial charge is 0.337 e. The molecule has 0 aliphatic heterocycles. The van der Waals surface area contributed by atoms with Crippen molar-refractivity contribution in [3.8, 4) is 5.75 Å². The lowest BCUT2D eigenvalue weighted by Crippen LogP contribution is -2.14. The normalized spacial score (nSPS) is 11.7. The van der Waals surface area contributed by atoms with Crippen LogP contribution >= 0.6 is 0 Å². The fourth-order valence-corrected chi connectivity index (χ4v) is 1.42. The minimum Gasteiger partial charge on any atom is -0.496 e. The van der Waals surface area contributed by atoms with Crippen LogP contribution in [0.1, 0.15) is 22.0 Å². The number of methoxy groups -OCH3 is 1. The highest BCUT2D eigenvalue weighted by Gasteiger charge is 2.30. The number of aliphatic carboxylic acids is 1. The molecule has 1 atom stereocenters. The van der Waals surface area contributed by atoms with Crippen molar-refractivity contribution in [3.05, 3.63) is 33.4 Å². The standard InChI is InChI=1S/C10H9NO7/c1-18-7-3-5(4-12)2-6(11(16)17)8(7)9(13)10(14)15/h2-4,9,13H,1H3,(H,14,15). The topological polar surface area (TPSA) is 127 Å². The molecule has 2 N–H and O–H groups in total. The van der Waals surface area contributed by atoms with Gasteiger partial charge in [0.1, 0.15) is 17.6 Å². The van der Waals surface area contributed by atoms with Crippen LogP contribution in [0.25, 0.3) is 0 Å². The Kier molecular flexibility index (Phi) is 3.95. The van der Waals surface area contributed by atoms with E-state index in [1.807, 2.05) is 0 Å². The molecule has 96 valence electrons. The molecule has 0 heterocycles. The van der Waals surface area contributed by atoms with Crippen LogP contribution < -0.4 is 4.74 Å². The molecule has 0 saturated carbocycles. The van der Waals surface area contributed by atoms with E-state index >= 15 is 0 Å². The van der Waals surface area contributed by atoms with Crippen LogP contribution in [0.5, 0.6) is 5.75 Å². The maximum absolute atomic E-state index is 10.8. The number of carbonyl (C=O) groups is 2. The number of rotatable bonds is 5. The maximum Gasteiger partial charge on any atom is 0.337 e. The number of hydrogen-bond donors (Lipinski definition) is 2. The first kappa shape index (κ1) is 13.6. The van der Waals surface area contributed by atoms with Gasteiger partial charge in [-0.1, -0.05) is 0 Å². The van der Waals surface area contributed by atoms with Crippen molar-refractivity contribution in [3.63, 3.8) is 0 Å². The molecule has 1 aromatic rings. The summed E-state index contributed by atoms with van der Waals surface area (Å²) in [7, 11) is 1.14. The fourth-order valence-electron chi connectivity index (χ4n) is 1.42. The number of carbonyl (C=O) groups excluding carboxylic acids is 1. The van der Waals surface area contributed by atoms with Gasteiger partial charge in [0.05, 0.1) is 12.0 Å². The third-order valence-electron chi connectivity index (χ3n) is 2.20. The number of nitro benzene ring substituents is 1. The molecule has 0 spiro atoms. The van der Waals surface area contributed by atoms with Crippen LogP contribution in [-0.2, 0) is 4.79 Å². The van der Waals surface area contributed by atoms with Gasteiger partial charge in [-0.25, -0.2) is 4.79 Å². The molecule has 0 aliphatic rings. The minimum atomic E-state index is -2.11. The van der Waals surface area contributed by atoms with E-state index in [4.69, 9.17) is 9.84 Å². The van der Waals surface area contributed by atoms with Crippen molar-refractivity contribution in [2.75, 3.05) is 7.11 Å². The quantitative estimate of drug-likeness (QED) is 0.446. The molecule has 8 heteroatoms. The average molecular weight is 255 g/mol. The molecule has 0 fully saturated rings. The third-order valence-corrected chi connectivity index (χ3v) is 2.20. The lowest BCUT2D eigenvalue weighted by Gasteiger charge is -2.12. The molecule has 0 bridgehead atoms. The Hall–Kier alpha value is -2.48. The van der Waals surface area contributed by atoms with Crippen LogP contribution in [0.2, 0.25) is 0 Å². The van der Waals surface area contributed by atoms with Crippen molar-refractivity contribution in [2.45, 2.75) is 6.10 Å². The van der Waals surface area contributed by atoms with Crippen molar-refractivity contribution >= 4 is 17.9 Å². The van der Waals surface area contributed by atoms with Gasteiger partial charge in [-0.2, -0.15) is 0 Å². The number of carboxylic acids is 1. The van der Waals surface area contributed by atoms with E-state index < -0.39 is 28.2 Å². The van der Waals surface area contributed by atoms with Crippen LogP contribution in [0, 0.1) is 10.1 Å². The van der Waals surface area contributed by atoms with Gasteiger partial charge in [-0.3, -0.25) is 14.9 Å². The first-order chi connectivity index (χ1) is 8.42. The molecule has 0 radical (unpaired) electrons. The largest absolute Gasteiger partial charge is 0.496 e. The van der Waals surface area contributed by atoms with Gasteiger partial charge in [0.25, 0.3) is 5.69 Å². The first-order valence-corrected chi connectivity index (χ1v) is 4.64. The van der Waals surface area contributed by atoms with Gasteiger partial charge < -0.3 is 14.9 Å². The Morgan fingerprint density at radius 1 is 1.56 bits per heavy atom. The monoisotopic (exact) mass is 255 g/mol. The minimum absolute atomic E-state index is 0.0557. The lowest BCUT2D eigenvalue weighted by molar-refractivity contribution is -0.386. The number of benzene rings is 1. The summed E-state index contributed by atoms with van der Waals surface area (Å²) in [5.74, 6) is -1.89. The van der Waals surface area contributed by atoms with Crippen LogP contribution in [0.3, 0.4) is 0 Å². The second-order valence-electron chi connectivity index (χ2n) is 3.27. The number of hydrogen-bond acceptors (Lipinski definition) is 6. The van der Waals surface area contributed by atoms with Crippen molar-refractivity contribution < 1.29 is 29.5 Å². The SMILES string of the molecule is COc1cc(C=O)cc([N+](=O)[O-])c1C(O)C(=O)O. The predicted molar refractivity (Wildman–Crippen MR) is 57.6 cm³/mol. The summed E-state index contributed by atoms with van der Waals surface area (Å²) in [6.45, 7) is 0. The van der Waals surface area contributed by atoms with E-state index in [9.17, 15) is 24.8 Å². The lowest BCUT2D eigenvalue weighted by atomic mass is 10.0. The van der Waals surface area contributed by atoms with Gasteiger partial charge >= 0.3 is 5.97 Å². The Balaban J connectivity index is 3.58. The average Bonchev–Trinajstić information content (AvgIpc) is 2.35. The van der Waals surface area contributed by atoms with Crippen molar-refractivity contribution in [2.24, 2.45) is 0 Å². The number of aliphatic hydroxyl groups is 1. The van der Waals surface area contributed by atoms with Crippen LogP contribution in [0.15, 0.2) is 12.1 Å². The number of nitro groups is 1. The molecule has 0 aliphatic carbocycles. The highest BCUT2D eigenvalue weighted by atomic mass is 16.6. The molecular weight excluding hydrogens is 246 g/mol. The number of aliphatic hydroxyl groups excluding tert-OH is 1. The molecule has 8 nitrogen and oxygen atoms in total. The molecule has 0 saturated heterocycles. The molecule has 1 aromatic carbocycles. The Morgan fingerprint density at radius 3 is 2.56 bits per heavy atom. The summed E-state index contributed by atoms with van der Waals surface area (Å²) < 4.78 is 4.76. The van der Waals surface area contributed by atoms with Crippen LogP contribution in [0.4, 0.5) is 5.69 Å². The van der Waals surface area contributed by atoms with E-state index in [-0.39, 0.29) is 11.3 Å². The van der Waals surface area contributed by atoms with Gasteiger partial charge in [0.15, 0.2) is 6.10 Å². The fraction of sp³-hybridized carbons (Fsp3) is 0.200. The summed E-state index contributed by atoms with van der Waals surface area (Å²) in [6.07, 6.45) is -1.76. The predicted octanol–water partition coefficient (Wildman–Crippen LogP) is 0.534. The van der Waals surface area contributed by atoms with Gasteiger partial charge in [-0.15, -0.1) is 0 Å². The highest BCUT2D eigenvalue weighted by molar-refractivity contribution is 5.82. The van der Waals surface area contributed by atoms with Gasteiger partial charge in [-0.05, 0) is 6.07 Å². The van der Waals surface area contributed by atoms with E-state index in [0.717, 1.165) is 19.2 Å². The van der Waals surface area contributed by atoms with Gasteiger partial charge in [0, 0.05) is 11.6 Å². The van der Waals surface area contributed by atoms with Crippen molar-refractivity contribution in [1.29, 1.82) is 0 Å². The summed E-state index contributed by atoms with van der Waals surface area (Å²) in [6, 6.07) is 1.98. The van der Waals surface area contributed by atoms with Crippen molar-refractivity contribution in [1.82, 2.24) is 0 Å². The summed E-state index contributed by atoms with van der Waals surface area (Å²) in [5, 5.41) is 28.9. The van der Waals surface area contributed by atoms with Crippen LogP contribution in [-0.4, -0.2) is 34.5 Å². The molecule has 0 aromatic heterocycles. The number of nitrogens with zero attached hydrogens (tertiary/aromatic N) is 1. The Bertz CT molecular complexity index is 511. The number of carboxylic acid groups (broad SMARTS) is 1. The van der Waals surface area contributed by atoms with E-state index in [0.29, 0.717) is 6.29 Å². The summed E-state index contributed by atoms with van der Waals surface area (Å²) in [5.41, 5.74) is -1.24. The summed E-state index contributed by atoms with van der Waals surface area (Å²) in [4.78, 5) is 31.2. The molecule has 0 amide bonds.